The minimum absolute atomic E-state index is 0.0310. The number of alkyl halides is 6. The number of hydrogen-bond acceptors (Lipinski definition) is 5. The molecule has 2 aromatic rings. The molecule has 2 saturated heterocycles. The predicted molar refractivity (Wildman–Crippen MR) is 155 cm³/mol. The number of halogens is 7. The fourth-order valence-electron chi connectivity index (χ4n) is 6.87. The summed E-state index contributed by atoms with van der Waals surface area (Å²) in [5.41, 5.74) is -2.52. The van der Waals surface area contributed by atoms with Gasteiger partial charge in [0.25, 0.3) is 0 Å². The summed E-state index contributed by atoms with van der Waals surface area (Å²) in [5.74, 6) is -1.52. The van der Waals surface area contributed by atoms with E-state index in [9.17, 15) is 49.1 Å². The predicted octanol–water partition coefficient (Wildman–Crippen LogP) is 6.71. The first-order valence-electron chi connectivity index (χ1n) is 15.5. The zero-order valence-corrected chi connectivity index (χ0v) is 25.9. The van der Waals surface area contributed by atoms with Gasteiger partial charge >= 0.3 is 18.3 Å². The lowest BCUT2D eigenvalue weighted by atomic mass is 9.87. The second-order valence-corrected chi connectivity index (χ2v) is 15.1. The van der Waals surface area contributed by atoms with Crippen molar-refractivity contribution in [2.45, 2.75) is 67.7 Å². The second kappa shape index (κ2) is 13.4. The standard InChI is InChI=1S/C32H37F7N2O4S/c33-26-3-1-2-22(13-26)28-19-41(29(30(42)43)12-21-4-5-21)18-23(28)17-40-9-6-20(7-10-40)8-11-46(44,45)27-15-24(31(34,35)36)14-25(16-27)32(37,38)39/h1-3,13-16,20-21,23,28-29H,4-12,17-19H2,(H,42,43). The Morgan fingerprint density at radius 1 is 0.891 bits per heavy atom. The average Bonchev–Trinajstić information content (AvgIpc) is 3.72. The Hall–Kier alpha value is -2.71. The molecule has 3 unspecified atom stereocenters. The Bertz CT molecular complexity index is 1470. The van der Waals surface area contributed by atoms with Crippen LogP contribution >= 0.6 is 0 Å². The molecule has 254 valence electrons. The third-order valence-electron chi connectivity index (χ3n) is 9.64. The molecule has 3 fully saturated rings. The first-order chi connectivity index (χ1) is 21.5. The van der Waals surface area contributed by atoms with E-state index >= 15 is 0 Å². The fourth-order valence-corrected chi connectivity index (χ4v) is 8.36. The highest BCUT2D eigenvalue weighted by Gasteiger charge is 2.43. The minimum Gasteiger partial charge on any atom is -0.480 e. The Morgan fingerprint density at radius 2 is 1.52 bits per heavy atom. The molecule has 0 bridgehead atoms. The van der Waals surface area contributed by atoms with Crippen LogP contribution < -0.4 is 0 Å². The summed E-state index contributed by atoms with van der Waals surface area (Å²) in [7, 11) is -4.42. The van der Waals surface area contributed by atoms with E-state index in [0.29, 0.717) is 57.9 Å². The molecule has 0 aromatic heterocycles. The smallest absolute Gasteiger partial charge is 0.416 e. The number of aliphatic carboxylic acids is 1. The van der Waals surface area contributed by atoms with Gasteiger partial charge in [0.15, 0.2) is 9.84 Å². The van der Waals surface area contributed by atoms with Crippen molar-refractivity contribution >= 4 is 15.8 Å². The zero-order chi connectivity index (χ0) is 33.4. The largest absolute Gasteiger partial charge is 0.480 e. The number of rotatable bonds is 11. The van der Waals surface area contributed by atoms with Gasteiger partial charge in [0.2, 0.25) is 0 Å². The Morgan fingerprint density at radius 3 is 2.07 bits per heavy atom. The number of sulfone groups is 1. The van der Waals surface area contributed by atoms with Crippen LogP contribution in [0.25, 0.3) is 0 Å². The van der Waals surface area contributed by atoms with E-state index in [1.165, 1.54) is 12.1 Å². The van der Waals surface area contributed by atoms with Gasteiger partial charge in [0, 0.05) is 25.6 Å². The number of carboxylic acids is 1. The summed E-state index contributed by atoms with van der Waals surface area (Å²) < 4.78 is 120. The van der Waals surface area contributed by atoms with Crippen LogP contribution in [0.5, 0.6) is 0 Å². The number of carboxylic acid groups (broad SMARTS) is 1. The highest BCUT2D eigenvalue weighted by atomic mass is 32.2. The van der Waals surface area contributed by atoms with Gasteiger partial charge in [-0.2, -0.15) is 26.3 Å². The van der Waals surface area contributed by atoms with E-state index in [2.05, 4.69) is 4.90 Å². The Balaban J connectivity index is 1.21. The molecule has 1 saturated carbocycles. The summed E-state index contributed by atoms with van der Waals surface area (Å²) in [5, 5.41) is 9.97. The molecule has 3 atom stereocenters. The summed E-state index contributed by atoms with van der Waals surface area (Å²) in [6.07, 6.45) is -6.37. The lowest BCUT2D eigenvalue weighted by molar-refractivity contribution is -0.144. The Labute approximate surface area is 263 Å². The second-order valence-electron chi connectivity index (χ2n) is 13.0. The number of piperidine rings is 1. The van der Waals surface area contributed by atoms with Crippen LogP contribution in [0.1, 0.15) is 61.1 Å². The quantitative estimate of drug-likeness (QED) is 0.267. The van der Waals surface area contributed by atoms with Gasteiger partial charge in [-0.15, -0.1) is 0 Å². The highest BCUT2D eigenvalue weighted by Crippen LogP contribution is 2.41. The first-order valence-corrected chi connectivity index (χ1v) is 17.1. The first kappa shape index (κ1) is 34.6. The molecular weight excluding hydrogens is 641 g/mol. The molecule has 2 heterocycles. The van der Waals surface area contributed by atoms with Crippen LogP contribution in [-0.2, 0) is 27.0 Å². The van der Waals surface area contributed by atoms with Crippen molar-refractivity contribution in [1.29, 1.82) is 0 Å². The highest BCUT2D eigenvalue weighted by molar-refractivity contribution is 7.91. The lowest BCUT2D eigenvalue weighted by Gasteiger charge is -2.35. The monoisotopic (exact) mass is 678 g/mol. The van der Waals surface area contributed by atoms with Crippen molar-refractivity contribution in [2.24, 2.45) is 17.8 Å². The summed E-state index contributed by atoms with van der Waals surface area (Å²) in [4.78, 5) is 15.4. The molecule has 5 rings (SSSR count). The van der Waals surface area contributed by atoms with Crippen LogP contribution in [-0.4, -0.2) is 73.8 Å². The van der Waals surface area contributed by atoms with Crippen LogP contribution in [0.4, 0.5) is 30.7 Å². The molecule has 3 aliphatic rings. The van der Waals surface area contributed by atoms with Crippen LogP contribution in [0, 0.1) is 23.6 Å². The van der Waals surface area contributed by atoms with Crippen LogP contribution in [0.2, 0.25) is 0 Å². The summed E-state index contributed by atoms with van der Waals surface area (Å²) in [6, 6.07) is 6.18. The molecule has 1 N–H and O–H groups in total. The summed E-state index contributed by atoms with van der Waals surface area (Å²) in [6.45, 7) is 2.87. The van der Waals surface area contributed by atoms with Gasteiger partial charge in [-0.1, -0.05) is 25.0 Å². The van der Waals surface area contributed by atoms with Gasteiger partial charge in [-0.3, -0.25) is 9.69 Å². The van der Waals surface area contributed by atoms with E-state index in [0.717, 1.165) is 18.4 Å². The lowest BCUT2D eigenvalue weighted by Crippen LogP contribution is -2.42. The third kappa shape index (κ3) is 8.60. The van der Waals surface area contributed by atoms with Crippen molar-refractivity contribution in [1.82, 2.24) is 9.80 Å². The molecule has 0 spiro atoms. The number of likely N-dealkylation sites (tertiary alicyclic amines) is 2. The Kier molecular flexibility index (Phi) is 10.1. The van der Waals surface area contributed by atoms with Gasteiger partial charge in [-0.05, 0) is 92.4 Å². The molecule has 1 aliphatic carbocycles. The van der Waals surface area contributed by atoms with Crippen molar-refractivity contribution < 1.29 is 49.1 Å². The summed E-state index contributed by atoms with van der Waals surface area (Å²) >= 11 is 0. The number of carbonyl (C=O) groups is 1. The SMILES string of the molecule is O=C(O)C(CC1CC1)N1CC(CN2CCC(CCS(=O)(=O)c3cc(C(F)(F)F)cc(C(F)(F)F)c3)CC2)C(c2cccc(F)c2)C1. The van der Waals surface area contributed by atoms with E-state index in [1.807, 2.05) is 11.0 Å². The van der Waals surface area contributed by atoms with Crippen LogP contribution in [0.15, 0.2) is 47.4 Å². The van der Waals surface area contributed by atoms with Crippen LogP contribution in [0.3, 0.4) is 0 Å². The third-order valence-corrected chi connectivity index (χ3v) is 11.4. The molecular formula is C32H37F7N2O4S. The number of nitrogens with zero attached hydrogens (tertiary/aromatic N) is 2. The van der Waals surface area contributed by atoms with E-state index < -0.39 is 56.0 Å². The number of hydrogen-bond donors (Lipinski definition) is 1. The molecule has 0 radical (unpaired) electrons. The van der Waals surface area contributed by atoms with Crippen molar-refractivity contribution in [3.8, 4) is 0 Å². The van der Waals surface area contributed by atoms with Crippen molar-refractivity contribution in [2.75, 3.05) is 38.5 Å². The molecule has 2 aliphatic heterocycles. The molecule has 0 amide bonds. The maximum absolute atomic E-state index is 14.2. The van der Waals surface area contributed by atoms with Gasteiger partial charge in [-0.25, -0.2) is 12.8 Å². The molecule has 46 heavy (non-hydrogen) atoms. The van der Waals surface area contributed by atoms with E-state index in [4.69, 9.17) is 0 Å². The van der Waals surface area contributed by atoms with Gasteiger partial charge in [0.05, 0.1) is 21.8 Å². The topological polar surface area (TPSA) is 77.9 Å². The average molecular weight is 679 g/mol. The molecule has 14 heteroatoms. The van der Waals surface area contributed by atoms with Crippen molar-refractivity contribution in [3.05, 3.63) is 65.0 Å². The van der Waals surface area contributed by atoms with E-state index in [-0.39, 0.29) is 48.2 Å². The normalized spacial score (nSPS) is 23.1. The van der Waals surface area contributed by atoms with Gasteiger partial charge < -0.3 is 10.0 Å². The number of benzene rings is 2. The van der Waals surface area contributed by atoms with Gasteiger partial charge in [0.1, 0.15) is 11.9 Å². The minimum atomic E-state index is -5.14. The zero-order valence-electron chi connectivity index (χ0n) is 25.0. The fraction of sp³-hybridized carbons (Fsp3) is 0.594. The molecule has 2 aromatic carbocycles. The van der Waals surface area contributed by atoms with E-state index in [1.54, 1.807) is 6.07 Å². The molecule has 6 nitrogen and oxygen atoms in total. The maximum atomic E-state index is 14.2. The maximum Gasteiger partial charge on any atom is 0.416 e. The van der Waals surface area contributed by atoms with Crippen molar-refractivity contribution in [3.63, 3.8) is 0 Å².